The lowest BCUT2D eigenvalue weighted by Gasteiger charge is -2.07. The molecular weight excluding hydrogens is 374 g/mol. The molecule has 0 atom stereocenters. The Kier molecular flexibility index (Phi) is 8.57. The third kappa shape index (κ3) is 6.67. The van der Waals surface area contributed by atoms with Crippen molar-refractivity contribution in [3.63, 3.8) is 0 Å². The maximum Gasteiger partial charge on any atom is 0.240 e. The first-order valence-corrected chi connectivity index (χ1v) is 9.52. The number of halogens is 1. The van der Waals surface area contributed by atoms with Crippen LogP contribution in [0.25, 0.3) is 0 Å². The Hall–Kier alpha value is -2.09. The van der Waals surface area contributed by atoms with E-state index in [-0.39, 0.29) is 23.2 Å². The molecule has 1 amide bonds. The first-order chi connectivity index (χ1) is 11.9. The highest BCUT2D eigenvalue weighted by atomic mass is 35.5. The largest absolute Gasteiger partial charge is 0.399 e. The van der Waals surface area contributed by atoms with E-state index in [4.69, 9.17) is 5.73 Å². The van der Waals surface area contributed by atoms with Gasteiger partial charge in [-0.05, 0) is 55.3 Å². The van der Waals surface area contributed by atoms with Crippen LogP contribution in [0.4, 0.5) is 5.69 Å². The highest BCUT2D eigenvalue weighted by Crippen LogP contribution is 2.11. The van der Waals surface area contributed by atoms with Gasteiger partial charge in [-0.25, -0.2) is 13.1 Å². The van der Waals surface area contributed by atoms with E-state index in [0.717, 1.165) is 23.2 Å². The van der Waals surface area contributed by atoms with Crippen LogP contribution in [0.1, 0.15) is 17.5 Å². The van der Waals surface area contributed by atoms with Crippen LogP contribution >= 0.6 is 12.4 Å². The molecule has 4 N–H and O–H groups in total. The predicted octanol–water partition coefficient (Wildman–Crippen LogP) is 1.89. The number of hydrogen-bond donors (Lipinski definition) is 3. The molecule has 6 nitrogen and oxygen atoms in total. The predicted molar refractivity (Wildman–Crippen MR) is 106 cm³/mol. The number of nitrogens with one attached hydrogen (secondary N) is 2. The number of nitrogens with two attached hydrogens (primary N) is 1. The number of anilines is 1. The molecule has 0 aliphatic carbocycles. The summed E-state index contributed by atoms with van der Waals surface area (Å²) in [5.41, 5.74) is 8.40. The molecule has 0 aliphatic heterocycles. The zero-order valence-corrected chi connectivity index (χ0v) is 16.2. The van der Waals surface area contributed by atoms with E-state index in [2.05, 4.69) is 10.0 Å². The van der Waals surface area contributed by atoms with Crippen molar-refractivity contribution < 1.29 is 13.2 Å². The molecule has 0 bridgehead atoms. The van der Waals surface area contributed by atoms with Gasteiger partial charge < -0.3 is 11.1 Å². The van der Waals surface area contributed by atoms with Crippen molar-refractivity contribution in [1.82, 2.24) is 10.0 Å². The molecule has 0 spiro atoms. The smallest absolute Gasteiger partial charge is 0.240 e. The number of sulfonamides is 1. The van der Waals surface area contributed by atoms with Crippen LogP contribution in [0.15, 0.2) is 53.4 Å². The van der Waals surface area contributed by atoms with Crippen LogP contribution in [-0.4, -0.2) is 27.9 Å². The Balaban J connectivity index is 0.00000338. The lowest BCUT2D eigenvalue weighted by Crippen LogP contribution is -2.25. The van der Waals surface area contributed by atoms with E-state index in [1.807, 2.05) is 24.3 Å². The Bertz CT molecular complexity index is 807. The molecule has 2 aromatic rings. The summed E-state index contributed by atoms with van der Waals surface area (Å²) in [6.07, 6.45) is 1.68. The van der Waals surface area contributed by atoms with E-state index in [1.54, 1.807) is 24.3 Å². The lowest BCUT2D eigenvalue weighted by atomic mass is 10.1. The van der Waals surface area contributed by atoms with Crippen LogP contribution in [0, 0.1) is 0 Å². The Labute approximate surface area is 160 Å². The number of amides is 1. The van der Waals surface area contributed by atoms with Gasteiger partial charge in [-0.1, -0.05) is 24.3 Å². The van der Waals surface area contributed by atoms with E-state index in [9.17, 15) is 13.2 Å². The standard InChI is InChI=1S/C18H23N3O3S.ClH/c1-20-25(23,24)17-9-4-14(5-10-17)6-11-18(22)21-13-12-15-2-7-16(19)8-3-15;/h2-5,7-10,20H,6,11-13,19H2,1H3,(H,21,22);1H. The molecule has 0 aromatic heterocycles. The fourth-order valence-electron chi connectivity index (χ4n) is 2.33. The first kappa shape index (κ1) is 22.0. The van der Waals surface area contributed by atoms with Crippen LogP contribution in [0.3, 0.4) is 0 Å². The van der Waals surface area contributed by atoms with Gasteiger partial charge in [0.05, 0.1) is 4.90 Å². The maximum absolute atomic E-state index is 11.9. The first-order valence-electron chi connectivity index (χ1n) is 8.04. The van der Waals surface area contributed by atoms with Gasteiger partial charge in [-0.3, -0.25) is 4.79 Å². The molecule has 2 aromatic carbocycles. The summed E-state index contributed by atoms with van der Waals surface area (Å²) in [5, 5.41) is 2.88. The Morgan fingerprint density at radius 2 is 1.50 bits per heavy atom. The Morgan fingerprint density at radius 1 is 0.962 bits per heavy atom. The highest BCUT2D eigenvalue weighted by molar-refractivity contribution is 7.89. The second kappa shape index (κ2) is 10.2. The molecule has 0 heterocycles. The molecule has 0 unspecified atom stereocenters. The number of hydrogen-bond acceptors (Lipinski definition) is 4. The minimum absolute atomic E-state index is 0. The van der Waals surface area contributed by atoms with E-state index >= 15 is 0 Å². The summed E-state index contributed by atoms with van der Waals surface area (Å²) in [6, 6.07) is 14.1. The number of aryl methyl sites for hydroxylation is 1. The summed E-state index contributed by atoms with van der Waals surface area (Å²) in [6.45, 7) is 0.572. The third-order valence-electron chi connectivity index (χ3n) is 3.86. The second-order valence-corrected chi connectivity index (χ2v) is 7.58. The molecule has 2 rings (SSSR count). The molecule has 0 aliphatic rings. The summed E-state index contributed by atoms with van der Waals surface area (Å²) in [5.74, 6) is -0.0256. The van der Waals surface area contributed by atoms with Crippen molar-refractivity contribution in [3.8, 4) is 0 Å². The molecule has 26 heavy (non-hydrogen) atoms. The summed E-state index contributed by atoms with van der Waals surface area (Å²) < 4.78 is 25.6. The number of carbonyl (C=O) groups is 1. The monoisotopic (exact) mass is 397 g/mol. The normalized spacial score (nSPS) is 10.8. The van der Waals surface area contributed by atoms with Gasteiger partial charge >= 0.3 is 0 Å². The number of benzene rings is 2. The van der Waals surface area contributed by atoms with Crippen LogP contribution < -0.4 is 15.8 Å². The lowest BCUT2D eigenvalue weighted by molar-refractivity contribution is -0.121. The summed E-state index contributed by atoms with van der Waals surface area (Å²) in [4.78, 5) is 12.1. The van der Waals surface area contributed by atoms with Gasteiger partial charge in [-0.15, -0.1) is 12.4 Å². The highest BCUT2D eigenvalue weighted by Gasteiger charge is 2.10. The zero-order chi connectivity index (χ0) is 18.3. The number of rotatable bonds is 8. The van der Waals surface area contributed by atoms with Crippen LogP contribution in [-0.2, 0) is 27.7 Å². The van der Waals surface area contributed by atoms with Gasteiger partial charge in [0.1, 0.15) is 0 Å². The quantitative estimate of drug-likeness (QED) is 0.592. The van der Waals surface area contributed by atoms with Gasteiger partial charge in [0.2, 0.25) is 15.9 Å². The average molecular weight is 398 g/mol. The minimum Gasteiger partial charge on any atom is -0.399 e. The molecule has 0 saturated heterocycles. The molecule has 8 heteroatoms. The van der Waals surface area contributed by atoms with E-state index in [1.165, 1.54) is 7.05 Å². The summed E-state index contributed by atoms with van der Waals surface area (Å²) in [7, 11) is -2.05. The van der Waals surface area contributed by atoms with Crippen LogP contribution in [0.2, 0.25) is 0 Å². The van der Waals surface area contributed by atoms with E-state index in [0.29, 0.717) is 19.4 Å². The second-order valence-electron chi connectivity index (χ2n) is 5.69. The summed E-state index contributed by atoms with van der Waals surface area (Å²) >= 11 is 0. The van der Waals surface area contributed by atoms with Crippen molar-refractivity contribution >= 4 is 34.0 Å². The molecule has 0 radical (unpaired) electrons. The van der Waals surface area contributed by atoms with Crippen molar-refractivity contribution in [2.24, 2.45) is 0 Å². The Morgan fingerprint density at radius 3 is 2.08 bits per heavy atom. The average Bonchev–Trinajstić information content (AvgIpc) is 2.62. The number of nitrogen functional groups attached to an aromatic ring is 1. The van der Waals surface area contributed by atoms with Crippen molar-refractivity contribution in [3.05, 3.63) is 59.7 Å². The van der Waals surface area contributed by atoms with Crippen molar-refractivity contribution in [2.45, 2.75) is 24.2 Å². The fraction of sp³-hybridized carbons (Fsp3) is 0.278. The molecule has 142 valence electrons. The van der Waals surface area contributed by atoms with Gasteiger partial charge in [0, 0.05) is 18.7 Å². The fourth-order valence-corrected chi connectivity index (χ4v) is 3.06. The number of carbonyl (C=O) groups excluding carboxylic acids is 1. The third-order valence-corrected chi connectivity index (χ3v) is 5.29. The van der Waals surface area contributed by atoms with Crippen molar-refractivity contribution in [1.29, 1.82) is 0 Å². The SMILES string of the molecule is CNS(=O)(=O)c1ccc(CCC(=O)NCCc2ccc(N)cc2)cc1.Cl. The van der Waals surface area contributed by atoms with Gasteiger partial charge in [-0.2, -0.15) is 0 Å². The van der Waals surface area contributed by atoms with E-state index < -0.39 is 10.0 Å². The van der Waals surface area contributed by atoms with Gasteiger partial charge in [0.15, 0.2) is 0 Å². The van der Waals surface area contributed by atoms with Crippen LogP contribution in [0.5, 0.6) is 0 Å². The molecular formula is C18H24ClN3O3S. The van der Waals surface area contributed by atoms with Gasteiger partial charge in [0.25, 0.3) is 0 Å². The zero-order valence-electron chi connectivity index (χ0n) is 14.6. The molecule has 0 saturated carbocycles. The minimum atomic E-state index is -3.42. The maximum atomic E-state index is 11.9. The molecule has 0 fully saturated rings. The van der Waals surface area contributed by atoms with Crippen molar-refractivity contribution in [2.75, 3.05) is 19.3 Å². The topological polar surface area (TPSA) is 101 Å².